The quantitative estimate of drug-likeness (QED) is 0.514. The highest BCUT2D eigenvalue weighted by Gasteiger charge is 1.85. The molecule has 0 heterocycles. The summed E-state index contributed by atoms with van der Waals surface area (Å²) in [7, 11) is 0. The summed E-state index contributed by atoms with van der Waals surface area (Å²) in [4.78, 5) is 0. The fourth-order valence-corrected chi connectivity index (χ4v) is 0.704. The normalized spacial score (nSPS) is 9.88. The summed E-state index contributed by atoms with van der Waals surface area (Å²) in [6.45, 7) is 8.99. The Balaban J connectivity index is 3.16. The first-order valence-corrected chi connectivity index (χ1v) is 3.04. The van der Waals surface area contributed by atoms with Crippen LogP contribution in [0.5, 0.6) is 0 Å². The van der Waals surface area contributed by atoms with Crippen molar-refractivity contribution in [2.24, 2.45) is 0 Å². The van der Waals surface area contributed by atoms with Gasteiger partial charge in [0.2, 0.25) is 0 Å². The lowest BCUT2D eigenvalue weighted by Gasteiger charge is -2.09. The lowest BCUT2D eigenvalue weighted by molar-refractivity contribution is 0.588. The monoisotopic (exact) mass is 131 g/mol. The van der Waals surface area contributed by atoms with Gasteiger partial charge in [-0.1, -0.05) is 12.2 Å². The number of rotatable bonds is 4. The van der Waals surface area contributed by atoms with Gasteiger partial charge in [-0.2, -0.15) is 0 Å². The van der Waals surface area contributed by atoms with Gasteiger partial charge in [-0.25, -0.2) is 12.8 Å². The lowest BCUT2D eigenvalue weighted by Crippen LogP contribution is -2.10. The Morgan fingerprint density at radius 3 is 1.88 bits per heavy atom. The van der Waals surface area contributed by atoms with Crippen molar-refractivity contribution in [3.8, 4) is 0 Å². The Bertz CT molecular complexity index is 70.6. The maximum Gasteiger partial charge on any atom is 0.0248 e. The van der Waals surface area contributed by atoms with Gasteiger partial charge >= 0.3 is 0 Å². The van der Waals surface area contributed by atoms with E-state index in [1.807, 2.05) is 16.5 Å². The molecule has 0 radical (unpaired) electrons. The van der Waals surface area contributed by atoms with Crippen LogP contribution in [0.3, 0.4) is 0 Å². The SMILES string of the molecule is C=CCN([SH3])CC=C. The average Bonchev–Trinajstić information content (AvgIpc) is 1.68. The molecule has 0 aromatic carbocycles. The van der Waals surface area contributed by atoms with Gasteiger partial charge in [-0.05, 0) is 0 Å². The highest BCUT2D eigenvalue weighted by atomic mass is 32.1. The highest BCUT2D eigenvalue weighted by molar-refractivity contribution is 7.77. The van der Waals surface area contributed by atoms with Gasteiger partial charge in [0, 0.05) is 13.1 Å². The molecule has 0 amide bonds. The number of nitrogens with zero attached hydrogens (tertiary/aromatic N) is 1. The molecule has 0 saturated carbocycles. The second-order valence-corrected chi connectivity index (χ2v) is 2.26. The van der Waals surface area contributed by atoms with Crippen molar-refractivity contribution < 1.29 is 0 Å². The Morgan fingerprint density at radius 2 is 1.62 bits per heavy atom. The van der Waals surface area contributed by atoms with Crippen LogP contribution >= 0.6 is 12.8 Å². The maximum absolute atomic E-state index is 3.59. The average molecular weight is 131 g/mol. The zero-order chi connectivity index (χ0) is 6.41. The maximum atomic E-state index is 3.59. The summed E-state index contributed by atoms with van der Waals surface area (Å²) in [6, 6.07) is 0. The molecule has 0 aliphatic rings. The van der Waals surface area contributed by atoms with Crippen molar-refractivity contribution in [3.63, 3.8) is 0 Å². The topological polar surface area (TPSA) is 3.24 Å². The minimum Gasteiger partial charge on any atom is -0.268 e. The largest absolute Gasteiger partial charge is 0.268 e. The van der Waals surface area contributed by atoms with Crippen molar-refractivity contribution in [1.82, 2.24) is 4.31 Å². The van der Waals surface area contributed by atoms with Crippen molar-refractivity contribution in [3.05, 3.63) is 25.3 Å². The second-order valence-electron chi connectivity index (χ2n) is 1.53. The summed E-state index contributed by atoms with van der Waals surface area (Å²) in [5.41, 5.74) is 0. The Hall–Kier alpha value is -0.210. The molecule has 2 heteroatoms. The van der Waals surface area contributed by atoms with Crippen molar-refractivity contribution in [2.45, 2.75) is 0 Å². The summed E-state index contributed by atoms with van der Waals surface area (Å²) < 4.78 is 2.04. The van der Waals surface area contributed by atoms with E-state index in [0.717, 1.165) is 13.1 Å². The molecule has 1 nitrogen and oxygen atoms in total. The molecule has 0 aromatic rings. The van der Waals surface area contributed by atoms with E-state index in [2.05, 4.69) is 26.0 Å². The molecular formula is C6H13NS. The van der Waals surface area contributed by atoms with Crippen LogP contribution in [-0.4, -0.2) is 17.4 Å². The summed E-state index contributed by atoms with van der Waals surface area (Å²) in [5.74, 6) is 0. The van der Waals surface area contributed by atoms with Crippen LogP contribution in [0.4, 0.5) is 0 Å². The Morgan fingerprint density at radius 1 is 1.25 bits per heavy atom. The molecule has 0 spiro atoms. The minimum absolute atomic E-state index is 0.899. The minimum atomic E-state index is 0.899. The van der Waals surface area contributed by atoms with Crippen LogP contribution in [-0.2, 0) is 0 Å². The first kappa shape index (κ1) is 7.79. The van der Waals surface area contributed by atoms with E-state index in [4.69, 9.17) is 0 Å². The molecule has 0 aliphatic heterocycles. The van der Waals surface area contributed by atoms with Crippen LogP contribution in [0.25, 0.3) is 0 Å². The van der Waals surface area contributed by atoms with E-state index in [1.54, 1.807) is 0 Å². The molecule has 0 atom stereocenters. The summed E-state index contributed by atoms with van der Waals surface area (Å²) in [5, 5.41) is 0. The van der Waals surface area contributed by atoms with E-state index in [-0.39, 0.29) is 0 Å². The van der Waals surface area contributed by atoms with Gasteiger partial charge in [0.15, 0.2) is 0 Å². The van der Waals surface area contributed by atoms with Gasteiger partial charge < -0.3 is 0 Å². The number of hydrogen-bond donors (Lipinski definition) is 0. The van der Waals surface area contributed by atoms with E-state index >= 15 is 0 Å². The lowest BCUT2D eigenvalue weighted by atomic mass is 10.5. The molecular weight excluding hydrogens is 118 g/mol. The van der Waals surface area contributed by atoms with Gasteiger partial charge in [0.05, 0.1) is 0 Å². The van der Waals surface area contributed by atoms with Crippen LogP contribution < -0.4 is 0 Å². The Labute approximate surface area is 56.2 Å². The fourth-order valence-electron chi connectivity index (χ4n) is 0.406. The molecule has 0 unspecified atom stereocenters. The smallest absolute Gasteiger partial charge is 0.0248 e. The van der Waals surface area contributed by atoms with Gasteiger partial charge in [0.25, 0.3) is 0 Å². The molecule has 0 saturated heterocycles. The molecule has 0 bridgehead atoms. The predicted octanol–water partition coefficient (Wildman–Crippen LogP) is 0.970. The van der Waals surface area contributed by atoms with E-state index in [1.165, 1.54) is 0 Å². The fraction of sp³-hybridized carbons (Fsp3) is 0.333. The zero-order valence-corrected chi connectivity index (χ0v) is 6.16. The van der Waals surface area contributed by atoms with Crippen molar-refractivity contribution in [1.29, 1.82) is 0 Å². The summed E-state index contributed by atoms with van der Waals surface area (Å²) >= 11 is 2.59. The number of hydrogen-bond acceptors (Lipinski definition) is 1. The standard InChI is InChI=1S/C6H13NS/c1-3-5-7(8)6-4-2/h3-4H,1-2,5-6H2,8H3. The van der Waals surface area contributed by atoms with Crippen molar-refractivity contribution in [2.75, 3.05) is 13.1 Å². The van der Waals surface area contributed by atoms with Crippen LogP contribution in [0.2, 0.25) is 0 Å². The zero-order valence-electron chi connectivity index (χ0n) is 5.01. The molecule has 0 N–H and O–H groups in total. The van der Waals surface area contributed by atoms with Gasteiger partial charge in [0.1, 0.15) is 0 Å². The third kappa shape index (κ3) is 3.96. The van der Waals surface area contributed by atoms with Gasteiger partial charge in [-0.15, -0.1) is 13.2 Å². The third-order valence-corrected chi connectivity index (χ3v) is 1.15. The second kappa shape index (κ2) is 4.94. The van der Waals surface area contributed by atoms with Crippen LogP contribution in [0.15, 0.2) is 25.3 Å². The Kier molecular flexibility index (Phi) is 4.81. The molecule has 0 rings (SSSR count). The van der Waals surface area contributed by atoms with Crippen LogP contribution in [0.1, 0.15) is 0 Å². The van der Waals surface area contributed by atoms with E-state index in [9.17, 15) is 0 Å². The first-order chi connectivity index (χ1) is 3.81. The molecule has 8 heavy (non-hydrogen) atoms. The molecule has 0 aromatic heterocycles. The first-order valence-electron chi connectivity index (χ1n) is 2.52. The van der Waals surface area contributed by atoms with Crippen molar-refractivity contribution >= 4 is 12.8 Å². The van der Waals surface area contributed by atoms with Crippen LogP contribution in [0, 0.1) is 0 Å². The molecule has 0 aliphatic carbocycles. The summed E-state index contributed by atoms with van der Waals surface area (Å²) in [6.07, 6.45) is 3.72. The third-order valence-electron chi connectivity index (χ3n) is 0.727. The van der Waals surface area contributed by atoms with E-state index in [0.29, 0.717) is 0 Å². The molecule has 0 fully saturated rings. The highest BCUT2D eigenvalue weighted by Crippen LogP contribution is 1.90. The van der Waals surface area contributed by atoms with E-state index < -0.39 is 0 Å². The van der Waals surface area contributed by atoms with Gasteiger partial charge in [-0.3, -0.25) is 4.31 Å². The predicted molar refractivity (Wildman–Crippen MR) is 43.7 cm³/mol. The molecule has 48 valence electrons.